The second kappa shape index (κ2) is 14.5. The van der Waals surface area contributed by atoms with Crippen molar-refractivity contribution in [1.82, 2.24) is 0 Å². The molecule has 0 aliphatic heterocycles. The normalized spacial score (nSPS) is 11.4. The van der Waals surface area contributed by atoms with Crippen molar-refractivity contribution in [2.45, 2.75) is 97.3 Å². The van der Waals surface area contributed by atoms with Gasteiger partial charge < -0.3 is 0 Å². The number of unbranched alkanes of at least 4 members (excludes halogenated alkanes) is 10. The Morgan fingerprint density at radius 3 is 1.91 bits per heavy atom. The molecule has 0 fully saturated rings. The van der Waals surface area contributed by atoms with Crippen LogP contribution in [-0.2, 0) is 6.42 Å². The molecule has 0 N–H and O–H groups in total. The lowest BCUT2D eigenvalue weighted by Gasteiger charge is -2.02. The summed E-state index contributed by atoms with van der Waals surface area (Å²) >= 11 is 0. The molecule has 0 aromatic heterocycles. The van der Waals surface area contributed by atoms with E-state index < -0.39 is 0 Å². The fraction of sp³-hybridized carbons (Fsp3) is 0.682. The highest BCUT2D eigenvalue weighted by Crippen LogP contribution is 2.15. The number of hydrogen-bond donors (Lipinski definition) is 0. The van der Waals surface area contributed by atoms with Gasteiger partial charge in [0.15, 0.2) is 0 Å². The van der Waals surface area contributed by atoms with Crippen molar-refractivity contribution in [3.05, 3.63) is 29.8 Å². The average Bonchev–Trinajstić information content (AvgIpc) is 2.58. The van der Waals surface area contributed by atoms with E-state index in [0.717, 1.165) is 12.1 Å². The molecule has 0 bridgehead atoms. The van der Waals surface area contributed by atoms with Crippen molar-refractivity contribution in [3.8, 4) is 0 Å². The fourth-order valence-corrected chi connectivity index (χ4v) is 2.87. The Bertz CT molecular complexity index is 391. The summed E-state index contributed by atoms with van der Waals surface area (Å²) in [5, 5.41) is 0. The van der Waals surface area contributed by atoms with E-state index in [9.17, 15) is 0 Å². The van der Waals surface area contributed by atoms with Crippen LogP contribution in [0.4, 0.5) is 5.69 Å². The van der Waals surface area contributed by atoms with Gasteiger partial charge >= 0.3 is 0 Å². The predicted molar refractivity (Wildman–Crippen MR) is 105 cm³/mol. The van der Waals surface area contributed by atoms with E-state index in [1.807, 2.05) is 0 Å². The molecule has 1 aromatic rings. The maximum absolute atomic E-state index is 4.57. The first-order valence-corrected chi connectivity index (χ1v) is 9.98. The van der Waals surface area contributed by atoms with Crippen LogP contribution in [0.25, 0.3) is 0 Å². The topological polar surface area (TPSA) is 12.4 Å². The minimum absolute atomic E-state index is 1.10. The Morgan fingerprint density at radius 2 is 1.26 bits per heavy atom. The van der Waals surface area contributed by atoms with Gasteiger partial charge in [-0.2, -0.15) is 0 Å². The summed E-state index contributed by atoms with van der Waals surface area (Å²) in [6.07, 6.45) is 19.3. The smallest absolute Gasteiger partial charge is 0.0625 e. The van der Waals surface area contributed by atoms with Crippen molar-refractivity contribution >= 4 is 11.9 Å². The maximum Gasteiger partial charge on any atom is 0.0625 e. The molecule has 23 heavy (non-hydrogen) atoms. The van der Waals surface area contributed by atoms with Gasteiger partial charge in [-0.3, -0.25) is 4.99 Å². The van der Waals surface area contributed by atoms with E-state index in [4.69, 9.17) is 0 Å². The molecule has 0 aliphatic rings. The molecule has 1 heteroatoms. The van der Waals surface area contributed by atoms with E-state index in [1.165, 1.54) is 82.6 Å². The van der Waals surface area contributed by atoms with E-state index in [0.29, 0.717) is 0 Å². The zero-order valence-corrected chi connectivity index (χ0v) is 15.5. The highest BCUT2D eigenvalue weighted by molar-refractivity contribution is 5.63. The van der Waals surface area contributed by atoms with Crippen LogP contribution in [0.3, 0.4) is 0 Å². The van der Waals surface area contributed by atoms with Crippen molar-refractivity contribution in [3.63, 3.8) is 0 Å². The van der Waals surface area contributed by atoms with E-state index >= 15 is 0 Å². The van der Waals surface area contributed by atoms with Gasteiger partial charge in [-0.1, -0.05) is 83.8 Å². The van der Waals surface area contributed by atoms with Crippen LogP contribution >= 0.6 is 0 Å². The van der Waals surface area contributed by atoms with Crippen molar-refractivity contribution in [1.29, 1.82) is 0 Å². The minimum atomic E-state index is 1.10. The van der Waals surface area contributed by atoms with Crippen molar-refractivity contribution < 1.29 is 0 Å². The van der Waals surface area contributed by atoms with E-state index in [1.54, 1.807) is 0 Å². The van der Waals surface area contributed by atoms with Crippen molar-refractivity contribution in [2.75, 3.05) is 0 Å². The maximum atomic E-state index is 4.57. The Morgan fingerprint density at radius 1 is 0.696 bits per heavy atom. The number of rotatable bonds is 14. The van der Waals surface area contributed by atoms with Gasteiger partial charge in [-0.05, 0) is 43.4 Å². The highest BCUT2D eigenvalue weighted by atomic mass is 14.7. The quantitative estimate of drug-likeness (QED) is 0.247. The SMILES string of the molecule is CCCCCCC/C=N\c1ccc(CCCCCCCC)cc1. The summed E-state index contributed by atoms with van der Waals surface area (Å²) in [5.41, 5.74) is 2.56. The van der Waals surface area contributed by atoms with E-state index in [-0.39, 0.29) is 0 Å². The Kier molecular flexibility index (Phi) is 12.6. The van der Waals surface area contributed by atoms with Gasteiger partial charge in [-0.15, -0.1) is 0 Å². The van der Waals surface area contributed by atoms with Crippen molar-refractivity contribution in [2.24, 2.45) is 4.99 Å². The second-order valence-corrected chi connectivity index (χ2v) is 6.70. The molecule has 0 aliphatic carbocycles. The lowest BCUT2D eigenvalue weighted by molar-refractivity contribution is 0.607. The first-order valence-electron chi connectivity index (χ1n) is 9.98. The first-order chi connectivity index (χ1) is 11.4. The van der Waals surface area contributed by atoms with Crippen LogP contribution in [0.2, 0.25) is 0 Å². The van der Waals surface area contributed by atoms with Gasteiger partial charge in [0.2, 0.25) is 0 Å². The fourth-order valence-electron chi connectivity index (χ4n) is 2.87. The molecule has 0 spiro atoms. The lowest BCUT2D eigenvalue weighted by Crippen LogP contribution is -1.86. The molecule has 0 atom stereocenters. The van der Waals surface area contributed by atoms with Gasteiger partial charge in [0.25, 0.3) is 0 Å². The third-order valence-corrected chi connectivity index (χ3v) is 4.43. The zero-order chi connectivity index (χ0) is 16.6. The third-order valence-electron chi connectivity index (χ3n) is 4.43. The largest absolute Gasteiger partial charge is 0.261 e. The number of hydrogen-bond acceptors (Lipinski definition) is 1. The molecule has 0 amide bonds. The number of benzene rings is 1. The standard InChI is InChI=1S/C22H37N/c1-3-5-7-9-11-13-15-21-16-18-22(19-17-21)23-20-14-12-10-8-6-4-2/h16-20H,3-15H2,1-2H3/b23-20-. The summed E-state index contributed by atoms with van der Waals surface area (Å²) in [6.45, 7) is 4.54. The average molecular weight is 316 g/mol. The van der Waals surface area contributed by atoms with Crippen LogP contribution in [0.1, 0.15) is 96.5 Å². The summed E-state index contributed by atoms with van der Waals surface area (Å²) in [7, 11) is 0. The molecule has 0 radical (unpaired) electrons. The minimum Gasteiger partial charge on any atom is -0.261 e. The van der Waals surface area contributed by atoms with Gasteiger partial charge in [0.1, 0.15) is 0 Å². The second-order valence-electron chi connectivity index (χ2n) is 6.70. The number of aliphatic imine (C=N–C) groups is 1. The Labute approximate surface area is 144 Å². The summed E-state index contributed by atoms with van der Waals surface area (Å²) in [6, 6.07) is 8.83. The lowest BCUT2D eigenvalue weighted by atomic mass is 10.0. The van der Waals surface area contributed by atoms with Crippen LogP contribution in [0, 0.1) is 0 Å². The summed E-state index contributed by atoms with van der Waals surface area (Å²) in [4.78, 5) is 4.57. The van der Waals surface area contributed by atoms with Gasteiger partial charge in [0, 0.05) is 6.21 Å². The summed E-state index contributed by atoms with van der Waals surface area (Å²) in [5.74, 6) is 0. The number of aryl methyl sites for hydroxylation is 1. The molecule has 0 saturated carbocycles. The van der Waals surface area contributed by atoms with Gasteiger partial charge in [-0.25, -0.2) is 0 Å². The van der Waals surface area contributed by atoms with Crippen LogP contribution in [0.5, 0.6) is 0 Å². The number of nitrogens with zero attached hydrogens (tertiary/aromatic N) is 1. The van der Waals surface area contributed by atoms with Crippen LogP contribution in [-0.4, -0.2) is 6.21 Å². The van der Waals surface area contributed by atoms with Crippen LogP contribution in [0.15, 0.2) is 29.3 Å². The van der Waals surface area contributed by atoms with E-state index in [2.05, 4.69) is 49.3 Å². The monoisotopic (exact) mass is 315 g/mol. The molecule has 0 saturated heterocycles. The Balaban J connectivity index is 2.12. The third kappa shape index (κ3) is 11.1. The molecular formula is C22H37N. The first kappa shape index (κ1) is 19.9. The Hall–Kier alpha value is -1.11. The molecule has 1 rings (SSSR count). The summed E-state index contributed by atoms with van der Waals surface area (Å²) < 4.78 is 0. The molecule has 0 unspecified atom stereocenters. The van der Waals surface area contributed by atoms with Crippen LogP contribution < -0.4 is 0 Å². The predicted octanol–water partition coefficient (Wildman–Crippen LogP) is 7.65. The molecular weight excluding hydrogens is 278 g/mol. The molecule has 1 nitrogen and oxygen atoms in total. The zero-order valence-electron chi connectivity index (χ0n) is 15.5. The van der Waals surface area contributed by atoms with Gasteiger partial charge in [0.05, 0.1) is 5.69 Å². The molecule has 0 heterocycles. The highest BCUT2D eigenvalue weighted by Gasteiger charge is 1.95. The molecule has 130 valence electrons. The molecule has 1 aromatic carbocycles.